The van der Waals surface area contributed by atoms with E-state index in [9.17, 15) is 0 Å². The highest BCUT2D eigenvalue weighted by atomic mass is 127. The largest absolute Gasteiger partial charge is 0.356 e. The Labute approximate surface area is 148 Å². The highest BCUT2D eigenvalue weighted by Gasteiger charge is 2.04. The monoisotopic (exact) mass is 416 g/mol. The van der Waals surface area contributed by atoms with Crippen molar-refractivity contribution in [2.45, 2.75) is 32.6 Å². The summed E-state index contributed by atoms with van der Waals surface area (Å²) in [6.45, 7) is 4.01. The SMILES string of the molecule is CCCCNC(=NC)NCCCc1nnc2ccccn12.I. The van der Waals surface area contributed by atoms with Gasteiger partial charge in [-0.15, -0.1) is 34.2 Å². The second kappa shape index (κ2) is 10.4. The fourth-order valence-electron chi connectivity index (χ4n) is 2.12. The molecule has 22 heavy (non-hydrogen) atoms. The number of hydrogen-bond acceptors (Lipinski definition) is 3. The van der Waals surface area contributed by atoms with Crippen molar-refractivity contribution in [3.05, 3.63) is 30.2 Å². The Bertz CT molecular complexity index is 580. The molecule has 0 amide bonds. The molecule has 2 aromatic rings. The molecule has 6 nitrogen and oxygen atoms in total. The molecule has 0 fully saturated rings. The van der Waals surface area contributed by atoms with Crippen LogP contribution in [0.1, 0.15) is 32.0 Å². The number of nitrogens with one attached hydrogen (secondary N) is 2. The molecule has 7 heteroatoms. The van der Waals surface area contributed by atoms with Gasteiger partial charge in [-0.2, -0.15) is 0 Å². The van der Waals surface area contributed by atoms with Crippen LogP contribution in [0.4, 0.5) is 0 Å². The zero-order chi connectivity index (χ0) is 14.9. The highest BCUT2D eigenvalue weighted by molar-refractivity contribution is 14.0. The Kier molecular flexibility index (Phi) is 8.79. The van der Waals surface area contributed by atoms with E-state index in [0.29, 0.717) is 0 Å². The van der Waals surface area contributed by atoms with Gasteiger partial charge in [-0.25, -0.2) is 0 Å². The molecular weight excluding hydrogens is 391 g/mol. The van der Waals surface area contributed by atoms with Crippen LogP contribution in [0, 0.1) is 0 Å². The van der Waals surface area contributed by atoms with E-state index >= 15 is 0 Å². The number of unbranched alkanes of at least 4 members (excludes halogenated alkanes) is 1. The summed E-state index contributed by atoms with van der Waals surface area (Å²) in [5, 5.41) is 15.0. The van der Waals surface area contributed by atoms with Crippen molar-refractivity contribution in [2.75, 3.05) is 20.1 Å². The Hall–Kier alpha value is -1.38. The molecular formula is C15H25IN6. The molecule has 0 spiro atoms. The number of aryl methyl sites for hydroxylation is 1. The molecule has 2 heterocycles. The van der Waals surface area contributed by atoms with Crippen molar-refractivity contribution in [1.29, 1.82) is 0 Å². The van der Waals surface area contributed by atoms with Gasteiger partial charge in [-0.1, -0.05) is 19.4 Å². The van der Waals surface area contributed by atoms with Crippen molar-refractivity contribution < 1.29 is 0 Å². The number of pyridine rings is 1. The van der Waals surface area contributed by atoms with Gasteiger partial charge in [0.2, 0.25) is 0 Å². The third kappa shape index (κ3) is 5.43. The quantitative estimate of drug-likeness (QED) is 0.315. The molecule has 2 rings (SSSR count). The summed E-state index contributed by atoms with van der Waals surface area (Å²) < 4.78 is 2.04. The lowest BCUT2D eigenvalue weighted by Gasteiger charge is -2.11. The van der Waals surface area contributed by atoms with E-state index in [4.69, 9.17) is 0 Å². The minimum Gasteiger partial charge on any atom is -0.356 e. The normalized spacial score (nSPS) is 11.3. The molecule has 2 N–H and O–H groups in total. The number of nitrogens with zero attached hydrogens (tertiary/aromatic N) is 4. The lowest BCUT2D eigenvalue weighted by atomic mass is 10.3. The van der Waals surface area contributed by atoms with Gasteiger partial charge >= 0.3 is 0 Å². The Morgan fingerprint density at radius 2 is 1.95 bits per heavy atom. The topological polar surface area (TPSA) is 66.6 Å². The number of rotatable bonds is 7. The average Bonchev–Trinajstić information content (AvgIpc) is 2.93. The average molecular weight is 416 g/mol. The van der Waals surface area contributed by atoms with Crippen molar-refractivity contribution in [3.63, 3.8) is 0 Å². The van der Waals surface area contributed by atoms with Gasteiger partial charge in [0, 0.05) is 32.8 Å². The van der Waals surface area contributed by atoms with E-state index in [1.54, 1.807) is 7.05 Å². The van der Waals surface area contributed by atoms with E-state index in [1.165, 1.54) is 6.42 Å². The first-order valence-corrected chi connectivity index (χ1v) is 7.58. The zero-order valence-electron chi connectivity index (χ0n) is 13.2. The molecule has 0 radical (unpaired) electrons. The summed E-state index contributed by atoms with van der Waals surface area (Å²) in [4.78, 5) is 4.21. The highest BCUT2D eigenvalue weighted by Crippen LogP contribution is 2.04. The lowest BCUT2D eigenvalue weighted by Crippen LogP contribution is -2.38. The molecule has 0 unspecified atom stereocenters. The Morgan fingerprint density at radius 1 is 1.18 bits per heavy atom. The number of aliphatic imine (C=N–C) groups is 1. The summed E-state index contributed by atoms with van der Waals surface area (Å²) in [6.07, 6.45) is 6.23. The molecule has 0 aliphatic rings. The molecule has 0 saturated carbocycles. The Balaban J connectivity index is 0.00000242. The van der Waals surface area contributed by atoms with E-state index in [2.05, 4.69) is 32.7 Å². The summed E-state index contributed by atoms with van der Waals surface area (Å²) in [5.41, 5.74) is 0.900. The van der Waals surface area contributed by atoms with E-state index in [-0.39, 0.29) is 24.0 Å². The third-order valence-corrected chi connectivity index (χ3v) is 3.30. The molecule has 0 bridgehead atoms. The summed E-state index contributed by atoms with van der Waals surface area (Å²) in [6, 6.07) is 5.94. The van der Waals surface area contributed by atoms with Crippen molar-refractivity contribution in [2.24, 2.45) is 4.99 Å². The van der Waals surface area contributed by atoms with Gasteiger partial charge in [0.15, 0.2) is 11.6 Å². The van der Waals surface area contributed by atoms with Crippen LogP contribution in [0.3, 0.4) is 0 Å². The Morgan fingerprint density at radius 3 is 2.68 bits per heavy atom. The molecule has 0 aliphatic carbocycles. The molecule has 0 saturated heterocycles. The smallest absolute Gasteiger partial charge is 0.190 e. The van der Waals surface area contributed by atoms with Crippen LogP contribution in [0.2, 0.25) is 0 Å². The molecule has 0 aromatic carbocycles. The first-order valence-electron chi connectivity index (χ1n) is 7.58. The minimum absolute atomic E-state index is 0. The van der Waals surface area contributed by atoms with Crippen LogP contribution < -0.4 is 10.6 Å². The zero-order valence-corrected chi connectivity index (χ0v) is 15.6. The van der Waals surface area contributed by atoms with Crippen LogP contribution in [0.15, 0.2) is 29.4 Å². The summed E-state index contributed by atoms with van der Waals surface area (Å²) in [7, 11) is 1.80. The van der Waals surface area contributed by atoms with Crippen LogP contribution in [0.5, 0.6) is 0 Å². The minimum atomic E-state index is 0. The second-order valence-electron chi connectivity index (χ2n) is 4.93. The van der Waals surface area contributed by atoms with Crippen LogP contribution in [-0.2, 0) is 6.42 Å². The van der Waals surface area contributed by atoms with Crippen LogP contribution in [-0.4, -0.2) is 40.7 Å². The van der Waals surface area contributed by atoms with Crippen LogP contribution >= 0.6 is 24.0 Å². The maximum Gasteiger partial charge on any atom is 0.190 e. The summed E-state index contributed by atoms with van der Waals surface area (Å²) >= 11 is 0. The fourth-order valence-corrected chi connectivity index (χ4v) is 2.12. The predicted octanol–water partition coefficient (Wildman–Crippen LogP) is 2.25. The van der Waals surface area contributed by atoms with E-state index in [0.717, 1.165) is 49.8 Å². The second-order valence-corrected chi connectivity index (χ2v) is 4.93. The van der Waals surface area contributed by atoms with E-state index < -0.39 is 0 Å². The van der Waals surface area contributed by atoms with Gasteiger partial charge < -0.3 is 10.6 Å². The van der Waals surface area contributed by atoms with Crippen molar-refractivity contribution in [1.82, 2.24) is 25.2 Å². The van der Waals surface area contributed by atoms with Crippen molar-refractivity contribution >= 4 is 35.6 Å². The van der Waals surface area contributed by atoms with Gasteiger partial charge in [-0.05, 0) is 25.0 Å². The number of aromatic nitrogens is 3. The number of hydrogen-bond donors (Lipinski definition) is 2. The van der Waals surface area contributed by atoms with Crippen LogP contribution in [0.25, 0.3) is 5.65 Å². The molecule has 122 valence electrons. The standard InChI is InChI=1S/C15H24N6.HI/c1-3-4-10-17-15(16-2)18-11-7-9-14-20-19-13-8-5-6-12-21(13)14;/h5-6,8,12H,3-4,7,9-11H2,1-2H3,(H2,16,17,18);1H. The van der Waals surface area contributed by atoms with Crippen molar-refractivity contribution in [3.8, 4) is 0 Å². The number of guanidine groups is 1. The first-order chi connectivity index (χ1) is 10.3. The summed E-state index contributed by atoms with van der Waals surface area (Å²) in [5.74, 6) is 1.87. The van der Waals surface area contributed by atoms with Gasteiger partial charge in [0.1, 0.15) is 5.82 Å². The maximum absolute atomic E-state index is 4.23. The van der Waals surface area contributed by atoms with E-state index in [1.807, 2.05) is 28.8 Å². The molecule has 0 aliphatic heterocycles. The predicted molar refractivity (Wildman–Crippen MR) is 101 cm³/mol. The van der Waals surface area contributed by atoms with Gasteiger partial charge in [0.05, 0.1) is 0 Å². The molecule has 0 atom stereocenters. The lowest BCUT2D eigenvalue weighted by molar-refractivity contribution is 0.697. The first kappa shape index (κ1) is 18.7. The number of fused-ring (bicyclic) bond motifs is 1. The molecule has 2 aromatic heterocycles. The van der Waals surface area contributed by atoms with Gasteiger partial charge in [0.25, 0.3) is 0 Å². The third-order valence-electron chi connectivity index (χ3n) is 3.30. The van der Waals surface area contributed by atoms with Gasteiger partial charge in [-0.3, -0.25) is 9.39 Å². The maximum atomic E-state index is 4.23. The number of halogens is 1. The fraction of sp³-hybridized carbons (Fsp3) is 0.533.